The second kappa shape index (κ2) is 8.21. The summed E-state index contributed by atoms with van der Waals surface area (Å²) < 4.78 is 1.77. The van der Waals surface area contributed by atoms with Crippen molar-refractivity contribution in [2.75, 3.05) is 18.9 Å². The number of aliphatic hydroxyl groups excluding tert-OH is 1. The molecule has 2 fully saturated rings. The van der Waals surface area contributed by atoms with E-state index in [4.69, 9.17) is 0 Å². The summed E-state index contributed by atoms with van der Waals surface area (Å²) in [4.78, 5) is 14.2. The smallest absolute Gasteiger partial charge is 0.322 e. The lowest BCUT2D eigenvalue weighted by Gasteiger charge is -2.31. The van der Waals surface area contributed by atoms with Gasteiger partial charge in [-0.05, 0) is 25.7 Å². The normalized spacial score (nSPS) is 24.9. The lowest BCUT2D eigenvalue weighted by molar-refractivity contribution is 0.0575. The third-order valence-electron chi connectivity index (χ3n) is 5.88. The van der Waals surface area contributed by atoms with Crippen LogP contribution in [0.3, 0.4) is 0 Å². The van der Waals surface area contributed by atoms with Gasteiger partial charge in [-0.3, -0.25) is 10.00 Å². The lowest BCUT2D eigenvalue weighted by atomic mass is 9.86. The van der Waals surface area contributed by atoms with E-state index in [0.29, 0.717) is 12.5 Å². The number of aromatic nitrogens is 2. The minimum atomic E-state index is -0.279. The Hall–Kier alpha value is -1.56. The monoisotopic (exact) mass is 348 g/mol. The Morgan fingerprint density at radius 1 is 1.24 bits per heavy atom. The van der Waals surface area contributed by atoms with Crippen molar-refractivity contribution < 1.29 is 9.90 Å². The molecule has 0 bridgehead atoms. The van der Waals surface area contributed by atoms with E-state index >= 15 is 0 Å². The average molecular weight is 348 g/mol. The Morgan fingerprint density at radius 2 is 1.92 bits per heavy atom. The van der Waals surface area contributed by atoms with Gasteiger partial charge in [-0.2, -0.15) is 5.10 Å². The van der Waals surface area contributed by atoms with Crippen LogP contribution in [-0.4, -0.2) is 45.5 Å². The zero-order valence-corrected chi connectivity index (χ0v) is 15.6. The highest BCUT2D eigenvalue weighted by Crippen LogP contribution is 2.33. The van der Waals surface area contributed by atoms with Crippen molar-refractivity contribution in [3.8, 4) is 0 Å². The second-order valence-corrected chi connectivity index (χ2v) is 7.84. The third kappa shape index (κ3) is 4.54. The number of carbonyl (C=O) groups excluding carboxylic acids is 1. The fraction of sp³-hybridized carbons (Fsp3) is 0.789. The number of aliphatic hydroxyl groups is 1. The maximum absolute atomic E-state index is 12.5. The van der Waals surface area contributed by atoms with Crippen LogP contribution in [0.2, 0.25) is 0 Å². The molecule has 6 heteroatoms. The number of rotatable bonds is 4. The Labute approximate surface area is 150 Å². The first-order valence-electron chi connectivity index (χ1n) is 9.78. The molecule has 0 radical (unpaired) electrons. The largest absolute Gasteiger partial charge is 0.393 e. The van der Waals surface area contributed by atoms with Gasteiger partial charge in [0.25, 0.3) is 0 Å². The van der Waals surface area contributed by atoms with Gasteiger partial charge in [0.15, 0.2) is 0 Å². The SMILES string of the molecule is CN(CC1CCCCC1O)C(=O)Nc1cc(C2CCCCC2)nn1C. The zero-order valence-electron chi connectivity index (χ0n) is 15.6. The van der Waals surface area contributed by atoms with E-state index in [1.165, 1.54) is 32.1 Å². The van der Waals surface area contributed by atoms with Crippen molar-refractivity contribution in [1.82, 2.24) is 14.7 Å². The van der Waals surface area contributed by atoms with Gasteiger partial charge in [0.1, 0.15) is 5.82 Å². The van der Waals surface area contributed by atoms with Crippen LogP contribution in [0, 0.1) is 5.92 Å². The first kappa shape index (κ1) is 18.2. The molecular weight excluding hydrogens is 316 g/mol. The number of amides is 2. The van der Waals surface area contributed by atoms with Crippen molar-refractivity contribution >= 4 is 11.8 Å². The van der Waals surface area contributed by atoms with E-state index in [2.05, 4.69) is 10.4 Å². The van der Waals surface area contributed by atoms with Crippen molar-refractivity contribution in [2.45, 2.75) is 69.8 Å². The molecule has 2 saturated carbocycles. The number of aryl methyl sites for hydroxylation is 1. The topological polar surface area (TPSA) is 70.4 Å². The number of urea groups is 1. The maximum Gasteiger partial charge on any atom is 0.322 e. The fourth-order valence-electron chi connectivity index (χ4n) is 4.24. The third-order valence-corrected chi connectivity index (χ3v) is 5.88. The number of carbonyl (C=O) groups is 1. The van der Waals surface area contributed by atoms with E-state index in [1.54, 1.807) is 16.6 Å². The number of hydrogen-bond acceptors (Lipinski definition) is 3. The van der Waals surface area contributed by atoms with E-state index in [9.17, 15) is 9.90 Å². The molecule has 0 aromatic carbocycles. The van der Waals surface area contributed by atoms with E-state index in [0.717, 1.165) is 37.2 Å². The molecule has 1 heterocycles. The molecule has 1 aromatic heterocycles. The van der Waals surface area contributed by atoms with Crippen LogP contribution < -0.4 is 5.32 Å². The van der Waals surface area contributed by atoms with Crippen LogP contribution in [0.5, 0.6) is 0 Å². The number of nitrogens with zero attached hydrogens (tertiary/aromatic N) is 3. The molecule has 2 aliphatic rings. The van der Waals surface area contributed by atoms with Gasteiger partial charge >= 0.3 is 6.03 Å². The summed E-state index contributed by atoms with van der Waals surface area (Å²) in [6, 6.07) is 1.90. The van der Waals surface area contributed by atoms with Crippen LogP contribution in [0.1, 0.15) is 69.4 Å². The summed E-state index contributed by atoms with van der Waals surface area (Å²) in [6.45, 7) is 0.598. The highest BCUT2D eigenvalue weighted by molar-refractivity contribution is 5.88. The first-order chi connectivity index (χ1) is 12.0. The Bertz CT molecular complexity index is 580. The first-order valence-corrected chi connectivity index (χ1v) is 9.78. The predicted octanol–water partition coefficient (Wildman–Crippen LogP) is 3.48. The molecule has 3 rings (SSSR count). The Balaban J connectivity index is 1.57. The van der Waals surface area contributed by atoms with Gasteiger partial charge in [-0.1, -0.05) is 32.1 Å². The number of nitrogens with one attached hydrogen (secondary N) is 1. The zero-order chi connectivity index (χ0) is 17.8. The summed E-state index contributed by atoms with van der Waals surface area (Å²) >= 11 is 0. The molecule has 2 N–H and O–H groups in total. The van der Waals surface area contributed by atoms with Gasteiger partial charge in [-0.25, -0.2) is 4.79 Å². The fourth-order valence-corrected chi connectivity index (χ4v) is 4.24. The average Bonchev–Trinajstić information content (AvgIpc) is 2.98. The van der Waals surface area contributed by atoms with Crippen LogP contribution in [-0.2, 0) is 7.05 Å². The van der Waals surface area contributed by atoms with E-state index in [-0.39, 0.29) is 18.1 Å². The van der Waals surface area contributed by atoms with Crippen molar-refractivity contribution in [2.24, 2.45) is 13.0 Å². The molecule has 0 saturated heterocycles. The van der Waals surface area contributed by atoms with Gasteiger partial charge in [0.2, 0.25) is 0 Å². The summed E-state index contributed by atoms with van der Waals surface area (Å²) in [5, 5.41) is 17.7. The molecule has 2 aliphatic carbocycles. The van der Waals surface area contributed by atoms with Crippen LogP contribution in [0.25, 0.3) is 0 Å². The molecule has 2 unspecified atom stereocenters. The molecule has 2 atom stereocenters. The molecule has 0 aliphatic heterocycles. The highest BCUT2D eigenvalue weighted by Gasteiger charge is 2.26. The van der Waals surface area contributed by atoms with Crippen LogP contribution >= 0.6 is 0 Å². The van der Waals surface area contributed by atoms with E-state index < -0.39 is 0 Å². The number of hydrogen-bond donors (Lipinski definition) is 2. The van der Waals surface area contributed by atoms with Crippen LogP contribution in [0.4, 0.5) is 10.6 Å². The molecule has 6 nitrogen and oxygen atoms in total. The highest BCUT2D eigenvalue weighted by atomic mass is 16.3. The van der Waals surface area contributed by atoms with Crippen molar-refractivity contribution in [3.05, 3.63) is 11.8 Å². The van der Waals surface area contributed by atoms with E-state index in [1.807, 2.05) is 13.1 Å². The molecular formula is C19H32N4O2. The van der Waals surface area contributed by atoms with Crippen molar-refractivity contribution in [3.63, 3.8) is 0 Å². The Kier molecular flexibility index (Phi) is 5.99. The standard InChI is InChI=1S/C19H32N4O2/c1-22(13-15-10-6-7-11-17(15)24)19(25)20-18-12-16(21-23(18)2)14-8-4-3-5-9-14/h12,14-15,17,24H,3-11,13H2,1-2H3,(H,20,25). The summed E-state index contributed by atoms with van der Waals surface area (Å²) in [6.07, 6.45) is 10.1. The van der Waals surface area contributed by atoms with Gasteiger partial charge in [0.05, 0.1) is 11.8 Å². The van der Waals surface area contributed by atoms with Crippen LogP contribution in [0.15, 0.2) is 6.07 Å². The number of anilines is 1. The summed E-state index contributed by atoms with van der Waals surface area (Å²) in [5.74, 6) is 1.47. The minimum absolute atomic E-state index is 0.129. The molecule has 140 valence electrons. The molecule has 25 heavy (non-hydrogen) atoms. The minimum Gasteiger partial charge on any atom is -0.393 e. The Morgan fingerprint density at radius 3 is 2.64 bits per heavy atom. The van der Waals surface area contributed by atoms with Gasteiger partial charge < -0.3 is 10.0 Å². The van der Waals surface area contributed by atoms with Gasteiger partial charge in [-0.15, -0.1) is 0 Å². The summed E-state index contributed by atoms with van der Waals surface area (Å²) in [7, 11) is 3.68. The summed E-state index contributed by atoms with van der Waals surface area (Å²) in [5.41, 5.74) is 1.10. The van der Waals surface area contributed by atoms with Crippen molar-refractivity contribution in [1.29, 1.82) is 0 Å². The van der Waals surface area contributed by atoms with Gasteiger partial charge in [0, 0.05) is 38.5 Å². The predicted molar refractivity (Wildman–Crippen MR) is 98.6 cm³/mol. The molecule has 2 amide bonds. The molecule has 1 aromatic rings. The second-order valence-electron chi connectivity index (χ2n) is 7.84. The maximum atomic E-state index is 12.5. The molecule has 0 spiro atoms. The lowest BCUT2D eigenvalue weighted by Crippen LogP contribution is -2.40. The quantitative estimate of drug-likeness (QED) is 0.875.